The molecule has 1 aliphatic rings. The van der Waals surface area contributed by atoms with Crippen LogP contribution in [0, 0.1) is 0 Å². The molecule has 1 saturated heterocycles. The molecule has 0 atom stereocenters. The van der Waals surface area contributed by atoms with Crippen molar-refractivity contribution in [1.82, 2.24) is 5.32 Å². The minimum absolute atomic E-state index is 0.144. The molecular formula is C15H23N3O2. The average Bonchev–Trinajstić information content (AvgIpc) is 2.49. The van der Waals surface area contributed by atoms with Crippen LogP contribution in [-0.2, 0) is 9.53 Å². The van der Waals surface area contributed by atoms with E-state index in [0.29, 0.717) is 0 Å². The molecule has 0 saturated carbocycles. The van der Waals surface area contributed by atoms with E-state index >= 15 is 0 Å². The van der Waals surface area contributed by atoms with Crippen molar-refractivity contribution in [2.45, 2.75) is 19.4 Å². The third-order valence-electron chi connectivity index (χ3n) is 3.66. The number of ether oxygens (including phenoxy) is 1. The Morgan fingerprint density at radius 1 is 1.25 bits per heavy atom. The Labute approximate surface area is 120 Å². The van der Waals surface area contributed by atoms with Crippen LogP contribution in [0.2, 0.25) is 0 Å². The van der Waals surface area contributed by atoms with E-state index in [4.69, 9.17) is 4.74 Å². The lowest BCUT2D eigenvalue weighted by Crippen LogP contribution is -2.43. The third-order valence-corrected chi connectivity index (χ3v) is 3.66. The number of piperazine rings is 1. The van der Waals surface area contributed by atoms with E-state index < -0.39 is 5.60 Å². The summed E-state index contributed by atoms with van der Waals surface area (Å²) >= 11 is 0. The molecule has 20 heavy (non-hydrogen) atoms. The smallest absolute Gasteiger partial charge is 0.256 e. The first-order chi connectivity index (χ1) is 9.53. The Balaban J connectivity index is 1.99. The standard InChI is InChI=1S/C15H23N3O2/c1-15(2,20-3)14(19)17-12-4-6-13(7-5-12)18-10-8-16-9-11-18/h4-7,16H,8-11H2,1-3H3,(H,17,19). The van der Waals surface area contributed by atoms with E-state index in [9.17, 15) is 4.79 Å². The van der Waals surface area contributed by atoms with Crippen LogP contribution in [0.5, 0.6) is 0 Å². The number of carbonyl (C=O) groups is 1. The van der Waals surface area contributed by atoms with Crippen LogP contribution >= 0.6 is 0 Å². The van der Waals surface area contributed by atoms with E-state index in [1.165, 1.54) is 12.8 Å². The molecule has 0 radical (unpaired) electrons. The maximum Gasteiger partial charge on any atom is 0.256 e. The molecule has 1 heterocycles. The molecule has 0 unspecified atom stereocenters. The highest BCUT2D eigenvalue weighted by Crippen LogP contribution is 2.19. The average molecular weight is 277 g/mol. The van der Waals surface area contributed by atoms with Crippen LogP contribution in [0.3, 0.4) is 0 Å². The zero-order valence-electron chi connectivity index (χ0n) is 12.4. The van der Waals surface area contributed by atoms with Gasteiger partial charge in [0.2, 0.25) is 0 Å². The first-order valence-electron chi connectivity index (χ1n) is 6.95. The van der Waals surface area contributed by atoms with Crippen LogP contribution in [0.4, 0.5) is 11.4 Å². The lowest BCUT2D eigenvalue weighted by atomic mass is 10.1. The summed E-state index contributed by atoms with van der Waals surface area (Å²) in [7, 11) is 1.53. The largest absolute Gasteiger partial charge is 0.369 e. The predicted octanol–water partition coefficient (Wildman–Crippen LogP) is 1.46. The number of benzene rings is 1. The molecule has 1 aromatic carbocycles. The zero-order valence-corrected chi connectivity index (χ0v) is 12.4. The van der Waals surface area contributed by atoms with Crippen molar-refractivity contribution in [2.24, 2.45) is 0 Å². The van der Waals surface area contributed by atoms with Crippen LogP contribution in [-0.4, -0.2) is 44.8 Å². The van der Waals surface area contributed by atoms with Gasteiger partial charge in [-0.2, -0.15) is 0 Å². The molecule has 0 bridgehead atoms. The van der Waals surface area contributed by atoms with E-state index in [1.54, 1.807) is 13.8 Å². The highest BCUT2D eigenvalue weighted by molar-refractivity contribution is 5.96. The van der Waals surface area contributed by atoms with Crippen molar-refractivity contribution < 1.29 is 9.53 Å². The van der Waals surface area contributed by atoms with Crippen molar-refractivity contribution in [2.75, 3.05) is 43.5 Å². The Morgan fingerprint density at radius 2 is 1.85 bits per heavy atom. The molecule has 2 rings (SSSR count). The summed E-state index contributed by atoms with van der Waals surface area (Å²) in [5, 5.41) is 6.20. The highest BCUT2D eigenvalue weighted by Gasteiger charge is 2.26. The van der Waals surface area contributed by atoms with Gasteiger partial charge in [-0.1, -0.05) is 0 Å². The first kappa shape index (κ1) is 14.8. The lowest BCUT2D eigenvalue weighted by Gasteiger charge is -2.29. The van der Waals surface area contributed by atoms with Crippen molar-refractivity contribution in [3.63, 3.8) is 0 Å². The fourth-order valence-corrected chi connectivity index (χ4v) is 2.05. The Morgan fingerprint density at radius 3 is 2.40 bits per heavy atom. The number of rotatable bonds is 4. The molecule has 0 aromatic heterocycles. The Hall–Kier alpha value is -1.59. The number of anilines is 2. The molecule has 5 heteroatoms. The summed E-state index contributed by atoms with van der Waals surface area (Å²) < 4.78 is 5.16. The van der Waals surface area contributed by atoms with Gasteiger partial charge in [0.1, 0.15) is 5.60 Å². The molecular weight excluding hydrogens is 254 g/mol. The number of methoxy groups -OCH3 is 1. The van der Waals surface area contributed by atoms with Crippen molar-refractivity contribution in [1.29, 1.82) is 0 Å². The monoisotopic (exact) mass is 277 g/mol. The summed E-state index contributed by atoms with van der Waals surface area (Å²) in [6.07, 6.45) is 0. The van der Waals surface area contributed by atoms with Gasteiger partial charge >= 0.3 is 0 Å². The fourth-order valence-electron chi connectivity index (χ4n) is 2.05. The van der Waals surface area contributed by atoms with E-state index in [2.05, 4.69) is 15.5 Å². The van der Waals surface area contributed by atoms with Crippen LogP contribution in [0.15, 0.2) is 24.3 Å². The fraction of sp³-hybridized carbons (Fsp3) is 0.533. The molecule has 110 valence electrons. The van der Waals surface area contributed by atoms with Crippen LogP contribution in [0.25, 0.3) is 0 Å². The van der Waals surface area contributed by atoms with Gasteiger partial charge in [0, 0.05) is 44.7 Å². The van der Waals surface area contributed by atoms with Gasteiger partial charge in [0.05, 0.1) is 0 Å². The maximum atomic E-state index is 12.0. The Kier molecular flexibility index (Phi) is 4.62. The number of nitrogens with one attached hydrogen (secondary N) is 2. The molecule has 1 aliphatic heterocycles. The second-order valence-electron chi connectivity index (χ2n) is 5.45. The molecule has 2 N–H and O–H groups in total. The minimum atomic E-state index is -0.822. The number of nitrogens with zero attached hydrogens (tertiary/aromatic N) is 1. The second-order valence-corrected chi connectivity index (χ2v) is 5.45. The normalized spacial score (nSPS) is 16.1. The van der Waals surface area contributed by atoms with E-state index in [1.807, 2.05) is 24.3 Å². The number of amides is 1. The summed E-state index contributed by atoms with van der Waals surface area (Å²) in [5.74, 6) is -0.144. The quantitative estimate of drug-likeness (QED) is 0.875. The summed E-state index contributed by atoms with van der Waals surface area (Å²) in [6.45, 7) is 7.56. The number of hydrogen-bond acceptors (Lipinski definition) is 4. The van der Waals surface area contributed by atoms with Gasteiger partial charge < -0.3 is 20.3 Å². The maximum absolute atomic E-state index is 12.0. The summed E-state index contributed by atoms with van der Waals surface area (Å²) in [6, 6.07) is 7.95. The van der Waals surface area contributed by atoms with Gasteiger partial charge in [0.25, 0.3) is 5.91 Å². The molecule has 0 aliphatic carbocycles. The van der Waals surface area contributed by atoms with E-state index in [-0.39, 0.29) is 5.91 Å². The third kappa shape index (κ3) is 3.49. The molecule has 1 fully saturated rings. The molecule has 5 nitrogen and oxygen atoms in total. The predicted molar refractivity (Wildman–Crippen MR) is 81.2 cm³/mol. The van der Waals surface area contributed by atoms with Gasteiger partial charge in [0.15, 0.2) is 0 Å². The zero-order chi connectivity index (χ0) is 14.6. The lowest BCUT2D eigenvalue weighted by molar-refractivity contribution is -0.133. The topological polar surface area (TPSA) is 53.6 Å². The SMILES string of the molecule is COC(C)(C)C(=O)Nc1ccc(N2CCNCC2)cc1. The van der Waals surface area contributed by atoms with E-state index in [0.717, 1.165) is 31.9 Å². The van der Waals surface area contributed by atoms with Crippen molar-refractivity contribution in [3.05, 3.63) is 24.3 Å². The van der Waals surface area contributed by atoms with Gasteiger partial charge in [-0.15, -0.1) is 0 Å². The molecule has 1 amide bonds. The minimum Gasteiger partial charge on any atom is -0.369 e. The van der Waals surface area contributed by atoms with Gasteiger partial charge in [-0.3, -0.25) is 4.79 Å². The van der Waals surface area contributed by atoms with Gasteiger partial charge in [-0.05, 0) is 38.1 Å². The number of hydrogen-bond donors (Lipinski definition) is 2. The first-order valence-corrected chi connectivity index (χ1v) is 6.95. The van der Waals surface area contributed by atoms with Crippen molar-refractivity contribution >= 4 is 17.3 Å². The van der Waals surface area contributed by atoms with Crippen LogP contribution in [0.1, 0.15) is 13.8 Å². The Bertz CT molecular complexity index is 451. The number of carbonyl (C=O) groups excluding carboxylic acids is 1. The summed E-state index contributed by atoms with van der Waals surface area (Å²) in [5.41, 5.74) is 1.16. The molecule has 1 aromatic rings. The molecule has 0 spiro atoms. The van der Waals surface area contributed by atoms with Crippen molar-refractivity contribution in [3.8, 4) is 0 Å². The summed E-state index contributed by atoms with van der Waals surface area (Å²) in [4.78, 5) is 14.3. The van der Waals surface area contributed by atoms with Gasteiger partial charge in [-0.25, -0.2) is 0 Å². The van der Waals surface area contributed by atoms with Crippen LogP contribution < -0.4 is 15.5 Å². The second kappa shape index (κ2) is 6.24. The highest BCUT2D eigenvalue weighted by atomic mass is 16.5.